The molecule has 2 rings (SSSR count). The molecule has 0 bridgehead atoms. The molecule has 0 saturated carbocycles. The number of carbonyl (C=O) groups excluding carboxylic acids is 3. The highest BCUT2D eigenvalue weighted by atomic mass is 16.5. The third-order valence-corrected chi connectivity index (χ3v) is 4.19. The van der Waals surface area contributed by atoms with E-state index in [1.807, 2.05) is 0 Å². The van der Waals surface area contributed by atoms with E-state index in [-0.39, 0.29) is 6.42 Å². The second-order valence-corrected chi connectivity index (χ2v) is 6.17. The first kappa shape index (κ1) is 21.7. The molecule has 2 amide bonds. The first-order chi connectivity index (χ1) is 14.0. The van der Waals surface area contributed by atoms with E-state index < -0.39 is 36.0 Å². The first-order valence-electron chi connectivity index (χ1n) is 8.88. The molecule has 0 spiro atoms. The maximum atomic E-state index is 12.6. The number of nitrogens with one attached hydrogen (secondary N) is 2. The lowest BCUT2D eigenvalue weighted by Crippen LogP contribution is -2.50. The number of aliphatic hydroxyl groups excluding tert-OH is 1. The summed E-state index contributed by atoms with van der Waals surface area (Å²) in [7, 11) is 1.17. The summed E-state index contributed by atoms with van der Waals surface area (Å²) < 4.78 is 4.61. The fraction of sp³-hybridized carbons (Fsp3) is 0.227. The number of hydrogen-bond donors (Lipinski definition) is 3. The summed E-state index contributed by atoms with van der Waals surface area (Å²) in [6.07, 6.45) is 3.46. The van der Waals surface area contributed by atoms with Crippen LogP contribution in [0, 0.1) is 12.3 Å². The van der Waals surface area contributed by atoms with E-state index in [0.717, 1.165) is 0 Å². The maximum Gasteiger partial charge on any atom is 0.329 e. The van der Waals surface area contributed by atoms with Crippen molar-refractivity contribution in [3.05, 3.63) is 71.8 Å². The van der Waals surface area contributed by atoms with E-state index in [9.17, 15) is 19.5 Å². The van der Waals surface area contributed by atoms with Crippen molar-refractivity contribution < 1.29 is 24.2 Å². The molecule has 29 heavy (non-hydrogen) atoms. The SMILES string of the molecule is C#CC[C@H](NC(=O)[C@H](O)[C@@H](NC(=O)c1ccccc1)c1ccccc1)C(=O)OC. The lowest BCUT2D eigenvalue weighted by molar-refractivity contribution is -0.146. The van der Waals surface area contributed by atoms with Gasteiger partial charge in [-0.1, -0.05) is 48.5 Å². The van der Waals surface area contributed by atoms with Crippen LogP contribution in [0.4, 0.5) is 0 Å². The lowest BCUT2D eigenvalue weighted by atomic mass is 9.99. The fourth-order valence-corrected chi connectivity index (χ4v) is 2.68. The minimum atomic E-state index is -1.67. The predicted octanol–water partition coefficient (Wildman–Crippen LogP) is 1.20. The molecule has 7 heteroatoms. The summed E-state index contributed by atoms with van der Waals surface area (Å²) in [5.41, 5.74) is 0.895. The van der Waals surface area contributed by atoms with Gasteiger partial charge in [-0.25, -0.2) is 4.79 Å². The molecule has 0 aliphatic rings. The molecule has 0 aliphatic heterocycles. The molecular weight excluding hydrogens is 372 g/mol. The Hall–Kier alpha value is -3.63. The van der Waals surface area contributed by atoms with Gasteiger partial charge in [0.2, 0.25) is 0 Å². The highest BCUT2D eigenvalue weighted by molar-refractivity contribution is 5.95. The van der Waals surface area contributed by atoms with Crippen molar-refractivity contribution in [1.29, 1.82) is 0 Å². The maximum absolute atomic E-state index is 12.6. The van der Waals surface area contributed by atoms with Gasteiger partial charge >= 0.3 is 5.97 Å². The second-order valence-electron chi connectivity index (χ2n) is 6.17. The Morgan fingerprint density at radius 3 is 2.17 bits per heavy atom. The third kappa shape index (κ3) is 5.92. The van der Waals surface area contributed by atoms with Crippen LogP contribution in [-0.4, -0.2) is 42.1 Å². The van der Waals surface area contributed by atoms with Gasteiger partial charge in [-0.05, 0) is 17.7 Å². The molecule has 0 aliphatic carbocycles. The number of benzene rings is 2. The van der Waals surface area contributed by atoms with Crippen LogP contribution in [0.3, 0.4) is 0 Å². The summed E-state index contributed by atoms with van der Waals surface area (Å²) >= 11 is 0. The molecule has 0 aromatic heterocycles. The fourth-order valence-electron chi connectivity index (χ4n) is 2.68. The van der Waals surface area contributed by atoms with Crippen molar-refractivity contribution in [3.8, 4) is 12.3 Å². The number of rotatable bonds is 8. The van der Waals surface area contributed by atoms with Crippen molar-refractivity contribution in [3.63, 3.8) is 0 Å². The van der Waals surface area contributed by atoms with Gasteiger partial charge in [0.05, 0.1) is 13.2 Å². The number of esters is 1. The molecule has 2 aromatic carbocycles. The van der Waals surface area contributed by atoms with Gasteiger partial charge in [0, 0.05) is 12.0 Å². The Balaban J connectivity index is 2.23. The number of carbonyl (C=O) groups is 3. The monoisotopic (exact) mass is 394 g/mol. The van der Waals surface area contributed by atoms with Gasteiger partial charge in [0.25, 0.3) is 11.8 Å². The number of ether oxygens (including phenoxy) is 1. The summed E-state index contributed by atoms with van der Waals surface area (Å²) in [6, 6.07) is 14.8. The number of hydrogen-bond acceptors (Lipinski definition) is 5. The zero-order valence-electron chi connectivity index (χ0n) is 15.9. The number of amides is 2. The molecule has 7 nitrogen and oxygen atoms in total. The topological polar surface area (TPSA) is 105 Å². The van der Waals surface area contributed by atoms with Crippen LogP contribution in [0.2, 0.25) is 0 Å². The minimum Gasteiger partial charge on any atom is -0.467 e. The summed E-state index contributed by atoms with van der Waals surface area (Å²) in [6.45, 7) is 0. The Kier molecular flexibility index (Phi) is 7.95. The standard InChI is InChI=1S/C22H22N2O5/c1-3-10-17(22(28)29-2)23-21(27)19(25)18(15-11-6-4-7-12-15)24-20(26)16-13-8-5-9-14-16/h1,4-9,11-14,17-19,25H,10H2,2H3,(H,23,27)(H,24,26)/t17-,18-,19+/m0/s1. The first-order valence-corrected chi connectivity index (χ1v) is 8.88. The van der Waals surface area contributed by atoms with Crippen LogP contribution < -0.4 is 10.6 Å². The molecule has 3 N–H and O–H groups in total. The van der Waals surface area contributed by atoms with Gasteiger partial charge in [-0.3, -0.25) is 9.59 Å². The molecule has 2 aromatic rings. The van der Waals surface area contributed by atoms with Crippen molar-refractivity contribution in [2.45, 2.75) is 24.6 Å². The van der Waals surface area contributed by atoms with Crippen LogP contribution in [0.25, 0.3) is 0 Å². The van der Waals surface area contributed by atoms with Crippen LogP contribution in [0.1, 0.15) is 28.4 Å². The van der Waals surface area contributed by atoms with Crippen LogP contribution >= 0.6 is 0 Å². The van der Waals surface area contributed by atoms with Gasteiger partial charge in [0.15, 0.2) is 6.10 Å². The highest BCUT2D eigenvalue weighted by Gasteiger charge is 2.32. The van der Waals surface area contributed by atoms with Gasteiger partial charge in [-0.15, -0.1) is 12.3 Å². The Labute approximate surface area is 169 Å². The molecule has 0 unspecified atom stereocenters. The van der Waals surface area contributed by atoms with E-state index in [0.29, 0.717) is 11.1 Å². The summed E-state index contributed by atoms with van der Waals surface area (Å²) in [4.78, 5) is 37.0. The normalized spacial score (nSPS) is 13.3. The van der Waals surface area contributed by atoms with Crippen molar-refractivity contribution in [1.82, 2.24) is 10.6 Å². The van der Waals surface area contributed by atoms with Crippen LogP contribution in [0.15, 0.2) is 60.7 Å². The van der Waals surface area contributed by atoms with Crippen LogP contribution in [0.5, 0.6) is 0 Å². The smallest absolute Gasteiger partial charge is 0.329 e. The number of terminal acetylenes is 1. The lowest BCUT2D eigenvalue weighted by Gasteiger charge is -2.25. The molecule has 3 atom stereocenters. The zero-order chi connectivity index (χ0) is 21.2. The number of methoxy groups -OCH3 is 1. The minimum absolute atomic E-state index is 0.0997. The molecule has 0 fully saturated rings. The van der Waals surface area contributed by atoms with E-state index in [2.05, 4.69) is 21.3 Å². The van der Waals surface area contributed by atoms with E-state index >= 15 is 0 Å². The largest absolute Gasteiger partial charge is 0.467 e. The van der Waals surface area contributed by atoms with Crippen molar-refractivity contribution in [2.75, 3.05) is 7.11 Å². The van der Waals surface area contributed by atoms with E-state index in [1.165, 1.54) is 7.11 Å². The Morgan fingerprint density at radius 2 is 1.62 bits per heavy atom. The predicted molar refractivity (Wildman–Crippen MR) is 106 cm³/mol. The Bertz CT molecular complexity index is 877. The number of aliphatic hydroxyl groups is 1. The molecule has 0 saturated heterocycles. The zero-order valence-corrected chi connectivity index (χ0v) is 15.9. The second kappa shape index (κ2) is 10.6. The quantitative estimate of drug-likeness (QED) is 0.461. The average molecular weight is 394 g/mol. The van der Waals surface area contributed by atoms with Crippen LogP contribution in [-0.2, 0) is 14.3 Å². The van der Waals surface area contributed by atoms with E-state index in [4.69, 9.17) is 6.42 Å². The summed E-state index contributed by atoms with van der Waals surface area (Å²) in [5.74, 6) is 0.224. The molecule has 150 valence electrons. The Morgan fingerprint density at radius 1 is 1.03 bits per heavy atom. The van der Waals surface area contributed by atoms with Gasteiger partial charge in [-0.2, -0.15) is 0 Å². The average Bonchev–Trinajstić information content (AvgIpc) is 2.77. The summed E-state index contributed by atoms with van der Waals surface area (Å²) in [5, 5.41) is 15.7. The van der Waals surface area contributed by atoms with Gasteiger partial charge < -0.3 is 20.5 Å². The van der Waals surface area contributed by atoms with Crippen molar-refractivity contribution >= 4 is 17.8 Å². The highest BCUT2D eigenvalue weighted by Crippen LogP contribution is 2.18. The molecule has 0 radical (unpaired) electrons. The van der Waals surface area contributed by atoms with Gasteiger partial charge in [0.1, 0.15) is 6.04 Å². The third-order valence-electron chi connectivity index (χ3n) is 4.19. The van der Waals surface area contributed by atoms with Crippen molar-refractivity contribution in [2.24, 2.45) is 0 Å². The van der Waals surface area contributed by atoms with E-state index in [1.54, 1.807) is 60.7 Å². The molecule has 0 heterocycles. The molecular formula is C22H22N2O5.